The molecule has 1 amide bonds. The van der Waals surface area contributed by atoms with Gasteiger partial charge in [0.25, 0.3) is 0 Å². The van der Waals surface area contributed by atoms with Crippen molar-refractivity contribution >= 4 is 11.9 Å². The molecular formula is C17H23NO3. The van der Waals surface area contributed by atoms with E-state index < -0.39 is 5.60 Å². The van der Waals surface area contributed by atoms with Crippen LogP contribution < -0.4 is 0 Å². The molecule has 0 N–H and O–H groups in total. The Morgan fingerprint density at radius 3 is 2.52 bits per heavy atom. The number of ether oxygens (including phenoxy) is 1. The summed E-state index contributed by atoms with van der Waals surface area (Å²) in [7, 11) is 0. The Morgan fingerprint density at radius 2 is 1.90 bits per heavy atom. The first-order chi connectivity index (χ1) is 9.87. The van der Waals surface area contributed by atoms with E-state index in [1.807, 2.05) is 51.1 Å². The fourth-order valence-electron chi connectivity index (χ4n) is 2.56. The van der Waals surface area contributed by atoms with E-state index in [-0.39, 0.29) is 17.9 Å². The lowest BCUT2D eigenvalue weighted by Gasteiger charge is -2.28. The molecule has 4 heteroatoms. The Hall–Kier alpha value is -1.84. The van der Waals surface area contributed by atoms with E-state index in [1.54, 1.807) is 4.90 Å². The second-order valence-corrected chi connectivity index (χ2v) is 6.46. The number of rotatable bonds is 3. The van der Waals surface area contributed by atoms with E-state index in [0.717, 1.165) is 12.8 Å². The van der Waals surface area contributed by atoms with Crippen molar-refractivity contribution in [3.63, 3.8) is 0 Å². The standard InChI is InChI=1S/C17H23NO3/c1-17(2,3)21-16(20)18-11-7-10-14(18)12-15(19)13-8-5-4-6-9-13/h4-6,8-9,14H,7,10-12H2,1-3H3/t14-/m1/s1. The smallest absolute Gasteiger partial charge is 0.410 e. The lowest BCUT2D eigenvalue weighted by atomic mass is 10.0. The maximum absolute atomic E-state index is 12.3. The van der Waals surface area contributed by atoms with Gasteiger partial charge in [-0.05, 0) is 33.6 Å². The van der Waals surface area contributed by atoms with Crippen molar-refractivity contribution in [2.45, 2.75) is 51.7 Å². The van der Waals surface area contributed by atoms with Gasteiger partial charge in [-0.3, -0.25) is 4.79 Å². The molecule has 0 aliphatic carbocycles. The summed E-state index contributed by atoms with van der Waals surface area (Å²) in [4.78, 5) is 26.2. The van der Waals surface area contributed by atoms with Crippen molar-refractivity contribution in [1.29, 1.82) is 0 Å². The van der Waals surface area contributed by atoms with Crippen LogP contribution in [-0.4, -0.2) is 35.0 Å². The van der Waals surface area contributed by atoms with Gasteiger partial charge in [0.1, 0.15) is 5.60 Å². The van der Waals surface area contributed by atoms with E-state index in [1.165, 1.54) is 0 Å². The minimum Gasteiger partial charge on any atom is -0.444 e. The third-order valence-corrected chi connectivity index (χ3v) is 3.52. The summed E-state index contributed by atoms with van der Waals surface area (Å²) in [5.74, 6) is 0.0797. The van der Waals surface area contributed by atoms with Gasteiger partial charge < -0.3 is 9.64 Å². The highest BCUT2D eigenvalue weighted by atomic mass is 16.6. The molecule has 1 heterocycles. The van der Waals surface area contributed by atoms with Crippen LogP contribution in [0, 0.1) is 0 Å². The summed E-state index contributed by atoms with van der Waals surface area (Å²) in [6, 6.07) is 9.18. The summed E-state index contributed by atoms with van der Waals surface area (Å²) < 4.78 is 5.41. The van der Waals surface area contributed by atoms with Crippen LogP contribution in [0.5, 0.6) is 0 Å². The second-order valence-electron chi connectivity index (χ2n) is 6.46. The molecule has 0 spiro atoms. The molecule has 4 nitrogen and oxygen atoms in total. The summed E-state index contributed by atoms with van der Waals surface area (Å²) in [5, 5.41) is 0. The first-order valence-electron chi connectivity index (χ1n) is 7.45. The second kappa shape index (κ2) is 6.29. The van der Waals surface area contributed by atoms with Gasteiger partial charge in [0.05, 0.1) is 0 Å². The quantitative estimate of drug-likeness (QED) is 0.798. The lowest BCUT2D eigenvalue weighted by molar-refractivity contribution is 0.0223. The van der Waals surface area contributed by atoms with Crippen LogP contribution in [-0.2, 0) is 4.74 Å². The normalized spacial score (nSPS) is 18.6. The van der Waals surface area contributed by atoms with Crippen LogP contribution in [0.3, 0.4) is 0 Å². The molecule has 0 bridgehead atoms. The van der Waals surface area contributed by atoms with Crippen LogP contribution in [0.25, 0.3) is 0 Å². The van der Waals surface area contributed by atoms with Gasteiger partial charge in [-0.15, -0.1) is 0 Å². The highest BCUT2D eigenvalue weighted by Crippen LogP contribution is 2.24. The highest BCUT2D eigenvalue weighted by molar-refractivity contribution is 5.96. The molecule has 1 saturated heterocycles. The minimum atomic E-state index is -0.506. The first-order valence-corrected chi connectivity index (χ1v) is 7.45. The molecule has 114 valence electrons. The lowest BCUT2D eigenvalue weighted by Crippen LogP contribution is -2.40. The molecule has 1 fully saturated rings. The Morgan fingerprint density at radius 1 is 1.24 bits per heavy atom. The van der Waals surface area contributed by atoms with Crippen molar-refractivity contribution in [2.24, 2.45) is 0 Å². The number of nitrogens with zero attached hydrogens (tertiary/aromatic N) is 1. The largest absolute Gasteiger partial charge is 0.444 e. The third-order valence-electron chi connectivity index (χ3n) is 3.52. The monoisotopic (exact) mass is 289 g/mol. The summed E-state index contributed by atoms with van der Waals surface area (Å²) in [5.41, 5.74) is 0.196. The van der Waals surface area contributed by atoms with Gasteiger partial charge in [0.15, 0.2) is 5.78 Å². The Labute approximate surface area is 126 Å². The molecule has 21 heavy (non-hydrogen) atoms. The zero-order valence-corrected chi connectivity index (χ0v) is 13.0. The van der Waals surface area contributed by atoms with E-state index >= 15 is 0 Å². The molecular weight excluding hydrogens is 266 g/mol. The average molecular weight is 289 g/mol. The van der Waals surface area contributed by atoms with Gasteiger partial charge in [0.2, 0.25) is 0 Å². The van der Waals surface area contributed by atoms with E-state index in [0.29, 0.717) is 18.5 Å². The molecule has 1 aliphatic heterocycles. The highest BCUT2D eigenvalue weighted by Gasteiger charge is 2.33. The van der Waals surface area contributed by atoms with Crippen molar-refractivity contribution < 1.29 is 14.3 Å². The van der Waals surface area contributed by atoms with Gasteiger partial charge in [0, 0.05) is 24.6 Å². The van der Waals surface area contributed by atoms with Gasteiger partial charge >= 0.3 is 6.09 Å². The van der Waals surface area contributed by atoms with Crippen molar-refractivity contribution in [2.75, 3.05) is 6.54 Å². The van der Waals surface area contributed by atoms with Crippen LogP contribution >= 0.6 is 0 Å². The summed E-state index contributed by atoms with van der Waals surface area (Å²) >= 11 is 0. The fraction of sp³-hybridized carbons (Fsp3) is 0.529. The van der Waals surface area contributed by atoms with Gasteiger partial charge in [-0.1, -0.05) is 30.3 Å². The summed E-state index contributed by atoms with van der Waals surface area (Å²) in [6.45, 7) is 6.23. The number of hydrogen-bond acceptors (Lipinski definition) is 3. The maximum Gasteiger partial charge on any atom is 0.410 e. The van der Waals surface area contributed by atoms with E-state index in [4.69, 9.17) is 4.74 Å². The fourth-order valence-corrected chi connectivity index (χ4v) is 2.56. The molecule has 2 rings (SSSR count). The van der Waals surface area contributed by atoms with Crippen LogP contribution in [0.2, 0.25) is 0 Å². The number of benzene rings is 1. The van der Waals surface area contributed by atoms with E-state index in [9.17, 15) is 9.59 Å². The Bertz CT molecular complexity index is 505. The zero-order chi connectivity index (χ0) is 15.5. The van der Waals surface area contributed by atoms with E-state index in [2.05, 4.69) is 0 Å². The summed E-state index contributed by atoms with van der Waals surface area (Å²) in [6.07, 6.45) is 1.83. The number of Topliss-reactive ketones (excluding diaryl/α,β-unsaturated/α-hetero) is 1. The molecule has 0 radical (unpaired) electrons. The van der Waals surface area contributed by atoms with Crippen LogP contribution in [0.15, 0.2) is 30.3 Å². The third kappa shape index (κ3) is 4.31. The number of carbonyl (C=O) groups is 2. The topological polar surface area (TPSA) is 46.6 Å². The minimum absolute atomic E-state index is 0.0486. The number of carbonyl (C=O) groups excluding carboxylic acids is 2. The average Bonchev–Trinajstić information content (AvgIpc) is 2.86. The maximum atomic E-state index is 12.3. The Balaban J connectivity index is 1.99. The van der Waals surface area contributed by atoms with Crippen LogP contribution in [0.4, 0.5) is 4.79 Å². The Kier molecular flexibility index (Phi) is 4.66. The number of hydrogen-bond donors (Lipinski definition) is 0. The van der Waals surface area contributed by atoms with Crippen molar-refractivity contribution in [3.05, 3.63) is 35.9 Å². The molecule has 1 aromatic carbocycles. The predicted octanol–water partition coefficient (Wildman–Crippen LogP) is 3.66. The van der Waals surface area contributed by atoms with Crippen molar-refractivity contribution in [1.82, 2.24) is 4.90 Å². The molecule has 1 aromatic rings. The first kappa shape index (κ1) is 15.5. The molecule has 0 saturated carbocycles. The zero-order valence-electron chi connectivity index (χ0n) is 13.0. The SMILES string of the molecule is CC(C)(C)OC(=O)N1CCC[C@@H]1CC(=O)c1ccccc1. The number of likely N-dealkylation sites (tertiary alicyclic amines) is 1. The number of amides is 1. The number of ketones is 1. The molecule has 1 atom stereocenters. The van der Waals surface area contributed by atoms with Gasteiger partial charge in [-0.25, -0.2) is 4.79 Å². The van der Waals surface area contributed by atoms with Gasteiger partial charge in [-0.2, -0.15) is 0 Å². The van der Waals surface area contributed by atoms with Crippen LogP contribution in [0.1, 0.15) is 50.4 Å². The molecule has 0 aromatic heterocycles. The molecule has 0 unspecified atom stereocenters. The molecule has 1 aliphatic rings. The van der Waals surface area contributed by atoms with Crippen molar-refractivity contribution in [3.8, 4) is 0 Å². The predicted molar refractivity (Wildman–Crippen MR) is 81.4 cm³/mol.